The number of pyridine rings is 1. The number of fused-ring (bicyclic) bond motifs is 2. The van der Waals surface area contributed by atoms with Crippen molar-refractivity contribution in [2.75, 3.05) is 65.0 Å². The number of benzene rings is 2. The van der Waals surface area contributed by atoms with Gasteiger partial charge in [-0.25, -0.2) is 4.39 Å². The summed E-state index contributed by atoms with van der Waals surface area (Å²) in [6, 6.07) is 11.2. The third-order valence-corrected chi connectivity index (χ3v) is 9.05. The highest BCUT2D eigenvalue weighted by atomic mass is 35.5. The number of likely N-dealkylation sites (tertiary alicyclic amines) is 1. The molecule has 3 fully saturated rings. The number of hydrogen-bond donors (Lipinski definition) is 0. The zero-order chi connectivity index (χ0) is 30.8. The van der Waals surface area contributed by atoms with Crippen LogP contribution in [0.2, 0.25) is 5.02 Å². The van der Waals surface area contributed by atoms with Gasteiger partial charge in [-0.3, -0.25) is 9.78 Å². The second-order valence-corrected chi connectivity index (χ2v) is 11.9. The van der Waals surface area contributed by atoms with Gasteiger partial charge in [0, 0.05) is 48.4 Å². The summed E-state index contributed by atoms with van der Waals surface area (Å²) in [6.45, 7) is 8.65. The number of carbonyl (C=O) groups is 1. The minimum absolute atomic E-state index is 0.0424. The number of methoxy groups -OCH3 is 1. The Balaban J connectivity index is 0.000000513. The lowest BCUT2D eigenvalue weighted by Gasteiger charge is -2.48. The summed E-state index contributed by atoms with van der Waals surface area (Å²) in [5, 5.41) is 2.57. The van der Waals surface area contributed by atoms with Crippen LogP contribution in [0.3, 0.4) is 0 Å². The van der Waals surface area contributed by atoms with Gasteiger partial charge in [0.1, 0.15) is 17.0 Å². The second kappa shape index (κ2) is 12.6. The molecule has 0 N–H and O–H groups in total. The molecule has 0 aliphatic carbocycles. The molecule has 1 spiro atoms. The topological polar surface area (TPSA) is 83.9 Å². The summed E-state index contributed by atoms with van der Waals surface area (Å²) in [4.78, 5) is 32.4. The first-order valence-corrected chi connectivity index (χ1v) is 15.3. The minimum atomic E-state index is -0.587. The normalized spacial score (nSPS) is 20.3. The number of carbonyl (C=O) groups excluding carboxylic acids is 1. The number of amides is 1. The third kappa shape index (κ3) is 5.58. The van der Waals surface area contributed by atoms with Crippen molar-refractivity contribution in [2.24, 2.45) is 0 Å². The molecule has 3 saturated heterocycles. The van der Waals surface area contributed by atoms with E-state index < -0.39 is 11.4 Å². The monoisotopic (exact) mass is 618 g/mol. The molecular weight excluding hydrogens is 583 g/mol. The molecule has 0 saturated carbocycles. The number of nitrogens with zero attached hydrogens (tertiary/aromatic N) is 6. The van der Waals surface area contributed by atoms with Crippen LogP contribution >= 0.6 is 11.6 Å². The Hall–Kier alpha value is -3.86. The maximum absolute atomic E-state index is 16.2. The fourth-order valence-electron chi connectivity index (χ4n) is 6.46. The first-order chi connectivity index (χ1) is 21.3. The Labute approximate surface area is 261 Å². The molecule has 2 aromatic heterocycles. The van der Waals surface area contributed by atoms with Crippen LogP contribution in [0.1, 0.15) is 19.3 Å². The van der Waals surface area contributed by atoms with Gasteiger partial charge in [0.2, 0.25) is 5.91 Å². The Morgan fingerprint density at radius 3 is 2.57 bits per heavy atom. The van der Waals surface area contributed by atoms with E-state index in [-0.39, 0.29) is 23.1 Å². The van der Waals surface area contributed by atoms with Crippen LogP contribution in [0.4, 0.5) is 10.2 Å². The van der Waals surface area contributed by atoms with E-state index in [1.54, 1.807) is 18.3 Å². The quantitative estimate of drug-likeness (QED) is 0.283. The standard InChI is InChI=1S/C28H25ClFN5O3.C5H11N/c1-3-21(36)35-12-11-34(15-28(35)10-13-38-16-28)26-19-14-31-24(23(30)25(19)32-27(33-26)37-2)18-8-4-6-17-7-5-9-20(29)22(17)18;1-6-4-2-3-5-6/h3-9,14H,1,10-13,15-16H2,2H3;2-5H2,1H3. The van der Waals surface area contributed by atoms with E-state index in [9.17, 15) is 4.79 Å². The van der Waals surface area contributed by atoms with E-state index in [0.29, 0.717) is 61.1 Å². The van der Waals surface area contributed by atoms with Crippen molar-refractivity contribution < 1.29 is 18.7 Å². The van der Waals surface area contributed by atoms with Crippen molar-refractivity contribution in [1.29, 1.82) is 0 Å². The van der Waals surface area contributed by atoms with Gasteiger partial charge in [0.05, 0.1) is 24.6 Å². The zero-order valence-corrected chi connectivity index (χ0v) is 25.8. The molecule has 2 aromatic carbocycles. The van der Waals surface area contributed by atoms with Crippen LogP contribution in [0.25, 0.3) is 32.9 Å². The first kappa shape index (κ1) is 30.2. The Kier molecular flexibility index (Phi) is 8.66. The summed E-state index contributed by atoms with van der Waals surface area (Å²) in [5.41, 5.74) is 0.289. The number of rotatable bonds is 4. The van der Waals surface area contributed by atoms with Crippen LogP contribution < -0.4 is 9.64 Å². The van der Waals surface area contributed by atoms with Crippen molar-refractivity contribution >= 4 is 45.0 Å². The first-order valence-electron chi connectivity index (χ1n) is 14.9. The molecule has 1 atom stereocenters. The van der Waals surface area contributed by atoms with Crippen molar-refractivity contribution in [2.45, 2.75) is 24.8 Å². The highest BCUT2D eigenvalue weighted by molar-refractivity contribution is 6.36. The molecule has 0 radical (unpaired) electrons. The van der Waals surface area contributed by atoms with Crippen molar-refractivity contribution in [3.63, 3.8) is 0 Å². The highest BCUT2D eigenvalue weighted by Gasteiger charge is 2.47. The number of anilines is 1. The van der Waals surface area contributed by atoms with Crippen LogP contribution in [-0.2, 0) is 9.53 Å². The van der Waals surface area contributed by atoms with Crippen molar-refractivity contribution in [3.05, 3.63) is 66.1 Å². The molecule has 3 aliphatic heterocycles. The van der Waals surface area contributed by atoms with Gasteiger partial charge in [-0.1, -0.05) is 48.5 Å². The molecule has 7 rings (SSSR count). The summed E-state index contributed by atoms with van der Waals surface area (Å²) >= 11 is 6.51. The fraction of sp³-hybridized carbons (Fsp3) is 0.394. The number of ether oxygens (including phenoxy) is 2. The molecule has 11 heteroatoms. The van der Waals surface area contributed by atoms with Crippen LogP contribution in [0.15, 0.2) is 55.3 Å². The van der Waals surface area contributed by atoms with Crippen molar-refractivity contribution in [1.82, 2.24) is 24.8 Å². The Morgan fingerprint density at radius 1 is 1.14 bits per heavy atom. The second-order valence-electron chi connectivity index (χ2n) is 11.5. The van der Waals surface area contributed by atoms with Gasteiger partial charge >= 0.3 is 6.01 Å². The molecule has 44 heavy (non-hydrogen) atoms. The zero-order valence-electron chi connectivity index (χ0n) is 25.1. The van der Waals surface area contributed by atoms with Gasteiger partial charge < -0.3 is 24.2 Å². The average molecular weight is 619 g/mol. The van der Waals surface area contributed by atoms with E-state index >= 15 is 4.39 Å². The highest BCUT2D eigenvalue weighted by Crippen LogP contribution is 2.39. The molecule has 1 amide bonds. The Morgan fingerprint density at radius 2 is 1.91 bits per heavy atom. The lowest BCUT2D eigenvalue weighted by Crippen LogP contribution is -2.64. The predicted molar refractivity (Wildman–Crippen MR) is 171 cm³/mol. The van der Waals surface area contributed by atoms with Crippen molar-refractivity contribution in [3.8, 4) is 17.3 Å². The average Bonchev–Trinajstić information content (AvgIpc) is 3.72. The number of hydrogen-bond acceptors (Lipinski definition) is 8. The van der Waals surface area contributed by atoms with Gasteiger partial charge in [-0.15, -0.1) is 0 Å². The number of aromatic nitrogens is 3. The molecule has 1 unspecified atom stereocenters. The molecule has 4 aromatic rings. The molecule has 5 heterocycles. The van der Waals surface area contributed by atoms with E-state index in [1.807, 2.05) is 34.1 Å². The minimum Gasteiger partial charge on any atom is -0.467 e. The van der Waals surface area contributed by atoms with Gasteiger partial charge in [0.25, 0.3) is 0 Å². The van der Waals surface area contributed by atoms with E-state index in [1.165, 1.54) is 39.1 Å². The fourth-order valence-corrected chi connectivity index (χ4v) is 6.74. The number of piperazine rings is 1. The van der Waals surface area contributed by atoms with Gasteiger partial charge in [-0.05, 0) is 56.9 Å². The van der Waals surface area contributed by atoms with Crippen LogP contribution in [0.5, 0.6) is 6.01 Å². The van der Waals surface area contributed by atoms with Crippen LogP contribution in [0, 0.1) is 5.82 Å². The largest absolute Gasteiger partial charge is 0.467 e. The molecular formula is C33H36ClFN6O3. The van der Waals surface area contributed by atoms with E-state index in [2.05, 4.69) is 33.5 Å². The molecule has 230 valence electrons. The summed E-state index contributed by atoms with van der Waals surface area (Å²) in [6.07, 6.45) is 6.44. The maximum Gasteiger partial charge on any atom is 0.318 e. The summed E-state index contributed by atoms with van der Waals surface area (Å²) < 4.78 is 27.3. The smallest absolute Gasteiger partial charge is 0.318 e. The molecule has 9 nitrogen and oxygen atoms in total. The SMILES string of the molecule is C=CC(=O)N1CCN(c2nc(OC)nc3c(F)c(-c4cccc5cccc(Cl)c45)ncc23)CC12CCOC2.CN1CCCC1. The van der Waals surface area contributed by atoms with Gasteiger partial charge in [-0.2, -0.15) is 9.97 Å². The predicted octanol–water partition coefficient (Wildman–Crippen LogP) is 5.35. The lowest BCUT2D eigenvalue weighted by atomic mass is 9.92. The van der Waals surface area contributed by atoms with Crippen LogP contribution in [-0.4, -0.2) is 96.3 Å². The summed E-state index contributed by atoms with van der Waals surface area (Å²) in [5.74, 6) is -0.222. The maximum atomic E-state index is 16.2. The van der Waals surface area contributed by atoms with E-state index in [0.717, 1.165) is 10.8 Å². The molecule has 3 aliphatic rings. The van der Waals surface area contributed by atoms with Gasteiger partial charge in [0.15, 0.2) is 5.82 Å². The molecule has 0 bridgehead atoms. The third-order valence-electron chi connectivity index (χ3n) is 8.74. The Bertz CT molecular complexity index is 1700. The summed E-state index contributed by atoms with van der Waals surface area (Å²) in [7, 11) is 3.62. The number of halogens is 2. The lowest BCUT2D eigenvalue weighted by molar-refractivity contribution is -0.133. The van der Waals surface area contributed by atoms with E-state index in [4.69, 9.17) is 21.1 Å².